The van der Waals surface area contributed by atoms with E-state index in [0.29, 0.717) is 18.4 Å². The molecule has 11 heteroatoms. The maximum atomic E-state index is 12.6. The molecule has 1 N–H and O–H groups in total. The predicted molar refractivity (Wildman–Crippen MR) is 95.4 cm³/mol. The molecule has 142 valence electrons. The van der Waals surface area contributed by atoms with Crippen LogP contribution in [0, 0.1) is 0 Å². The molecule has 2 aromatic heterocycles. The first kappa shape index (κ1) is 20.0. The maximum absolute atomic E-state index is 12.6. The van der Waals surface area contributed by atoms with Gasteiger partial charge in [0, 0.05) is 26.8 Å². The summed E-state index contributed by atoms with van der Waals surface area (Å²) in [4.78, 5) is 25.2. The van der Waals surface area contributed by atoms with Crippen LogP contribution in [0.5, 0.6) is 0 Å². The van der Waals surface area contributed by atoms with E-state index in [1.165, 1.54) is 11.7 Å². The van der Waals surface area contributed by atoms with Crippen LogP contribution in [0.3, 0.4) is 0 Å². The highest BCUT2D eigenvalue weighted by atomic mass is 35.5. The van der Waals surface area contributed by atoms with E-state index < -0.39 is 5.91 Å². The van der Waals surface area contributed by atoms with Crippen molar-refractivity contribution in [3.63, 3.8) is 0 Å². The highest BCUT2D eigenvalue weighted by Crippen LogP contribution is 2.30. The summed E-state index contributed by atoms with van der Waals surface area (Å²) >= 11 is 6.43. The minimum atomic E-state index is -0.598. The third-order valence-corrected chi connectivity index (χ3v) is 4.58. The summed E-state index contributed by atoms with van der Waals surface area (Å²) < 4.78 is 7.71. The van der Waals surface area contributed by atoms with Gasteiger partial charge in [-0.2, -0.15) is 5.10 Å². The van der Waals surface area contributed by atoms with Crippen molar-refractivity contribution in [2.24, 2.45) is 14.1 Å². The Balaban J connectivity index is 2.46. The van der Waals surface area contributed by atoms with Crippen LogP contribution < -0.4 is 10.9 Å². The SMILES string of the molecule is CCC(CC(C)OC)c1c(Cl)c(C(=O)Nc2nnnn2C)nn(C)c1=O. The number of hydrogen-bond donors (Lipinski definition) is 1. The quantitative estimate of drug-likeness (QED) is 0.761. The van der Waals surface area contributed by atoms with E-state index in [1.807, 2.05) is 13.8 Å². The molecule has 0 fully saturated rings. The molecule has 0 radical (unpaired) electrons. The van der Waals surface area contributed by atoms with Crippen LogP contribution in [-0.4, -0.2) is 49.1 Å². The normalized spacial score (nSPS) is 13.5. The Bertz CT molecular complexity index is 848. The zero-order valence-corrected chi connectivity index (χ0v) is 16.1. The average molecular weight is 384 g/mol. The van der Waals surface area contributed by atoms with Gasteiger partial charge in [0.25, 0.3) is 11.5 Å². The number of aryl methyl sites for hydroxylation is 2. The van der Waals surface area contributed by atoms with E-state index in [2.05, 4.69) is 25.9 Å². The zero-order chi connectivity index (χ0) is 19.4. The Morgan fingerprint density at radius 3 is 2.58 bits per heavy atom. The monoisotopic (exact) mass is 383 g/mol. The number of carbonyl (C=O) groups excluding carboxylic acids is 1. The van der Waals surface area contributed by atoms with Crippen molar-refractivity contribution in [3.8, 4) is 0 Å². The number of tetrazole rings is 1. The molecule has 0 aliphatic rings. The summed E-state index contributed by atoms with van der Waals surface area (Å²) in [5.41, 5.74) is -0.0332. The highest BCUT2D eigenvalue weighted by Gasteiger charge is 2.26. The van der Waals surface area contributed by atoms with Crippen LogP contribution in [0.25, 0.3) is 0 Å². The standard InChI is InChI=1S/C15H22ClN7O3/c1-6-9(7-8(2)26-5)10-11(16)12(19-22(3)14(10)25)13(24)17-15-18-20-21-23(15)4/h8-9H,6-7H2,1-5H3,(H,17,18,21,24). The van der Waals surface area contributed by atoms with E-state index in [-0.39, 0.29) is 34.2 Å². The van der Waals surface area contributed by atoms with Crippen molar-refractivity contribution >= 4 is 23.5 Å². The minimum Gasteiger partial charge on any atom is -0.382 e. The van der Waals surface area contributed by atoms with Gasteiger partial charge in [-0.25, -0.2) is 9.36 Å². The first-order valence-corrected chi connectivity index (χ1v) is 8.51. The molecule has 0 aliphatic carbocycles. The molecule has 0 spiro atoms. The van der Waals surface area contributed by atoms with Crippen molar-refractivity contribution in [2.45, 2.75) is 38.7 Å². The van der Waals surface area contributed by atoms with Crippen molar-refractivity contribution in [3.05, 3.63) is 26.6 Å². The first-order chi connectivity index (χ1) is 12.3. The van der Waals surface area contributed by atoms with Gasteiger partial charge in [-0.05, 0) is 36.1 Å². The lowest BCUT2D eigenvalue weighted by molar-refractivity contribution is 0.101. The molecule has 1 amide bonds. The Kier molecular flexibility index (Phi) is 6.43. The van der Waals surface area contributed by atoms with Gasteiger partial charge in [0.15, 0.2) is 5.69 Å². The fourth-order valence-electron chi connectivity index (χ4n) is 2.62. The van der Waals surface area contributed by atoms with Crippen molar-refractivity contribution in [1.82, 2.24) is 30.0 Å². The molecule has 2 heterocycles. The van der Waals surface area contributed by atoms with Gasteiger partial charge in [0.1, 0.15) is 0 Å². The van der Waals surface area contributed by atoms with Crippen molar-refractivity contribution in [2.75, 3.05) is 12.4 Å². The van der Waals surface area contributed by atoms with Gasteiger partial charge in [0.05, 0.1) is 11.1 Å². The van der Waals surface area contributed by atoms with Crippen LogP contribution in [0.15, 0.2) is 4.79 Å². The minimum absolute atomic E-state index is 0.0379. The predicted octanol–water partition coefficient (Wildman–Crippen LogP) is 1.13. The first-order valence-electron chi connectivity index (χ1n) is 8.13. The van der Waals surface area contributed by atoms with E-state index in [9.17, 15) is 9.59 Å². The van der Waals surface area contributed by atoms with Crippen LogP contribution >= 0.6 is 11.6 Å². The topological polar surface area (TPSA) is 117 Å². The van der Waals surface area contributed by atoms with Gasteiger partial charge in [-0.15, -0.1) is 0 Å². The summed E-state index contributed by atoms with van der Waals surface area (Å²) in [5.74, 6) is -0.620. The number of nitrogens with one attached hydrogen (secondary N) is 1. The molecular weight excluding hydrogens is 362 g/mol. The largest absolute Gasteiger partial charge is 0.382 e. The third kappa shape index (κ3) is 4.07. The van der Waals surface area contributed by atoms with Crippen molar-refractivity contribution in [1.29, 1.82) is 0 Å². The second-order valence-corrected chi connectivity index (χ2v) is 6.35. The Hall–Kier alpha value is -2.33. The van der Waals surface area contributed by atoms with Crippen LogP contribution in [0.4, 0.5) is 5.95 Å². The smallest absolute Gasteiger partial charge is 0.280 e. The van der Waals surface area contributed by atoms with Gasteiger partial charge in [-0.3, -0.25) is 14.9 Å². The number of carbonyl (C=O) groups is 1. The number of nitrogens with zero attached hydrogens (tertiary/aromatic N) is 6. The number of ether oxygens (including phenoxy) is 1. The molecule has 2 aromatic rings. The summed E-state index contributed by atoms with van der Waals surface area (Å²) in [6.07, 6.45) is 1.21. The number of anilines is 1. The summed E-state index contributed by atoms with van der Waals surface area (Å²) in [5, 5.41) is 17.4. The number of rotatable bonds is 7. The summed E-state index contributed by atoms with van der Waals surface area (Å²) in [7, 11) is 4.67. The zero-order valence-electron chi connectivity index (χ0n) is 15.4. The molecule has 26 heavy (non-hydrogen) atoms. The number of hydrogen-bond acceptors (Lipinski definition) is 7. The van der Waals surface area contributed by atoms with Crippen LogP contribution in [0.1, 0.15) is 48.7 Å². The third-order valence-electron chi connectivity index (χ3n) is 4.20. The molecular formula is C15H22ClN7O3. The lowest BCUT2D eigenvalue weighted by Crippen LogP contribution is -2.31. The Morgan fingerprint density at radius 2 is 2.04 bits per heavy atom. The number of amides is 1. The van der Waals surface area contributed by atoms with Crippen LogP contribution in [-0.2, 0) is 18.8 Å². The summed E-state index contributed by atoms with van der Waals surface area (Å²) in [6.45, 7) is 3.87. The molecule has 10 nitrogen and oxygen atoms in total. The fraction of sp³-hybridized carbons (Fsp3) is 0.600. The second kappa shape index (κ2) is 8.37. The molecule has 0 bridgehead atoms. The van der Waals surface area contributed by atoms with Gasteiger partial charge in [0.2, 0.25) is 5.95 Å². The highest BCUT2D eigenvalue weighted by molar-refractivity contribution is 6.34. The Morgan fingerprint density at radius 1 is 1.35 bits per heavy atom. The van der Waals surface area contributed by atoms with Crippen molar-refractivity contribution < 1.29 is 9.53 Å². The number of halogens is 1. The molecule has 2 unspecified atom stereocenters. The summed E-state index contributed by atoms with van der Waals surface area (Å²) in [6, 6.07) is 0. The van der Waals surface area contributed by atoms with E-state index in [0.717, 1.165) is 4.68 Å². The lowest BCUT2D eigenvalue weighted by Gasteiger charge is -2.21. The molecule has 0 aromatic carbocycles. The molecule has 2 rings (SSSR count). The van der Waals surface area contributed by atoms with Gasteiger partial charge < -0.3 is 4.74 Å². The molecule has 0 saturated carbocycles. The number of aromatic nitrogens is 6. The molecule has 0 aliphatic heterocycles. The second-order valence-electron chi connectivity index (χ2n) is 5.97. The van der Waals surface area contributed by atoms with E-state index in [1.54, 1.807) is 14.2 Å². The average Bonchev–Trinajstić information content (AvgIpc) is 3.01. The molecule has 0 saturated heterocycles. The lowest BCUT2D eigenvalue weighted by atomic mass is 9.91. The number of methoxy groups -OCH3 is 1. The van der Waals surface area contributed by atoms with Gasteiger partial charge >= 0.3 is 0 Å². The van der Waals surface area contributed by atoms with Gasteiger partial charge in [-0.1, -0.05) is 23.6 Å². The van der Waals surface area contributed by atoms with E-state index in [4.69, 9.17) is 16.3 Å². The van der Waals surface area contributed by atoms with Crippen LogP contribution in [0.2, 0.25) is 5.02 Å². The Labute approximate surface area is 155 Å². The maximum Gasteiger partial charge on any atom is 0.280 e. The molecule has 2 atom stereocenters. The fourth-order valence-corrected chi connectivity index (χ4v) is 2.97. The van der Waals surface area contributed by atoms with E-state index >= 15 is 0 Å².